The summed E-state index contributed by atoms with van der Waals surface area (Å²) in [5.41, 5.74) is 5.92. The molecule has 0 saturated carbocycles. The first-order valence-corrected chi connectivity index (χ1v) is 7.75. The lowest BCUT2D eigenvalue weighted by Gasteiger charge is -2.02. The van der Waals surface area contributed by atoms with Crippen LogP contribution in [0.15, 0.2) is 45.8 Å². The maximum absolute atomic E-state index is 13.2. The van der Waals surface area contributed by atoms with Crippen molar-refractivity contribution in [3.63, 3.8) is 0 Å². The Hall–Kier alpha value is -2.48. The van der Waals surface area contributed by atoms with Crippen molar-refractivity contribution in [3.8, 4) is 0 Å². The van der Waals surface area contributed by atoms with Crippen LogP contribution in [0.4, 0.5) is 4.39 Å². The van der Waals surface area contributed by atoms with Crippen LogP contribution in [-0.4, -0.2) is 19.3 Å². The summed E-state index contributed by atoms with van der Waals surface area (Å²) in [6, 6.07) is 7.14. The first kappa shape index (κ1) is 15.9. The maximum Gasteiger partial charge on any atom is 0.284 e. The fraction of sp³-hybridized carbons (Fsp3) is 0.143. The number of pyridine rings is 1. The Kier molecular flexibility index (Phi) is 4.41. The first-order chi connectivity index (χ1) is 10.3. The Morgan fingerprint density at radius 2 is 1.95 bits per heavy atom. The summed E-state index contributed by atoms with van der Waals surface area (Å²) in [6.45, 7) is 1.83. The van der Waals surface area contributed by atoms with Crippen molar-refractivity contribution in [2.75, 3.05) is 0 Å². The van der Waals surface area contributed by atoms with Crippen LogP contribution in [0.2, 0.25) is 0 Å². The number of hydrogen-bond acceptors (Lipinski definition) is 3. The molecule has 1 heterocycles. The molecule has 0 spiro atoms. The van der Waals surface area contributed by atoms with Gasteiger partial charge in [-0.25, -0.2) is 4.39 Å². The van der Waals surface area contributed by atoms with Crippen molar-refractivity contribution >= 4 is 15.9 Å². The van der Waals surface area contributed by atoms with Crippen LogP contribution in [0.1, 0.15) is 11.1 Å². The van der Waals surface area contributed by atoms with Crippen LogP contribution in [0.25, 0.3) is 0 Å². The number of aromatic amines is 1. The average molecular weight is 323 g/mol. The second-order valence-electron chi connectivity index (χ2n) is 4.71. The average Bonchev–Trinajstić information content (AvgIpc) is 2.41. The van der Waals surface area contributed by atoms with Crippen molar-refractivity contribution in [3.05, 3.63) is 59.0 Å². The van der Waals surface area contributed by atoms with Gasteiger partial charge in [-0.2, -0.15) is 8.42 Å². The maximum atomic E-state index is 13.2. The molecule has 22 heavy (non-hydrogen) atoms. The Morgan fingerprint density at radius 3 is 2.55 bits per heavy atom. The normalized spacial score (nSPS) is 12.4. The lowest BCUT2D eigenvalue weighted by molar-refractivity contribution is -0.117. The highest BCUT2D eigenvalue weighted by Crippen LogP contribution is 2.12. The summed E-state index contributed by atoms with van der Waals surface area (Å²) in [5, 5.41) is 0. The number of H-pyrrole nitrogens is 1. The number of nitrogens with zero attached hydrogens (tertiary/aromatic N) is 1. The lowest BCUT2D eigenvalue weighted by atomic mass is 10.2. The summed E-state index contributed by atoms with van der Waals surface area (Å²) < 4.78 is 41.3. The predicted octanol–water partition coefficient (Wildman–Crippen LogP) is 0.780. The van der Waals surface area contributed by atoms with Gasteiger partial charge in [0.1, 0.15) is 11.3 Å². The number of carbonyl (C=O) groups excluding carboxylic acids is 1. The number of primary amides is 1. The van der Waals surface area contributed by atoms with E-state index in [4.69, 9.17) is 5.73 Å². The monoisotopic (exact) mass is 323 g/mol. The topological polar surface area (TPSA) is 105 Å². The van der Waals surface area contributed by atoms with Gasteiger partial charge < -0.3 is 10.7 Å². The number of nitrogens with one attached hydrogen (secondary N) is 1. The summed E-state index contributed by atoms with van der Waals surface area (Å²) in [5.74, 6) is -1.37. The number of nitrogens with two attached hydrogens (primary N) is 1. The number of aromatic nitrogens is 1. The van der Waals surface area contributed by atoms with Crippen molar-refractivity contribution in [1.82, 2.24) is 4.98 Å². The number of aryl methyl sites for hydroxylation is 1. The molecule has 0 aliphatic carbocycles. The molecule has 6 nitrogen and oxygen atoms in total. The standard InChI is InChI=1S/C14H14FN3O3S/c1-9-2-4-12(5-3-9)22(20,21)18-14-10(7-13(16)19)6-11(15)8-17-14/h2-6,8H,7H2,1H3,(H2,16,19)(H,17,18). The summed E-state index contributed by atoms with van der Waals surface area (Å²) in [6.07, 6.45) is 0.629. The van der Waals surface area contributed by atoms with E-state index >= 15 is 0 Å². The SMILES string of the molecule is Cc1ccc(S(=O)(=O)N=c2[nH]cc(F)cc2CC(N)=O)cc1. The van der Waals surface area contributed by atoms with E-state index in [1.807, 2.05) is 6.92 Å². The number of halogens is 1. The fourth-order valence-electron chi connectivity index (χ4n) is 1.80. The minimum absolute atomic E-state index is 0.000787. The molecule has 0 atom stereocenters. The molecule has 0 bridgehead atoms. The Labute approximate surface area is 126 Å². The van der Waals surface area contributed by atoms with Gasteiger partial charge in [0, 0.05) is 11.8 Å². The number of amides is 1. The molecule has 1 amide bonds. The number of carbonyl (C=O) groups is 1. The molecule has 1 aromatic carbocycles. The minimum Gasteiger partial charge on any atom is -0.369 e. The van der Waals surface area contributed by atoms with E-state index in [1.165, 1.54) is 12.1 Å². The number of hydrogen-bond donors (Lipinski definition) is 2. The molecule has 0 unspecified atom stereocenters. The van der Waals surface area contributed by atoms with Crippen LogP contribution >= 0.6 is 0 Å². The molecular weight excluding hydrogens is 309 g/mol. The Bertz CT molecular complexity index is 871. The van der Waals surface area contributed by atoms with E-state index in [-0.39, 0.29) is 22.4 Å². The molecule has 1 aromatic heterocycles. The van der Waals surface area contributed by atoms with Gasteiger partial charge in [-0.15, -0.1) is 4.40 Å². The Morgan fingerprint density at radius 1 is 1.32 bits per heavy atom. The van der Waals surface area contributed by atoms with E-state index in [2.05, 4.69) is 9.38 Å². The molecule has 3 N–H and O–H groups in total. The molecule has 116 valence electrons. The number of sulfonamides is 1. The van der Waals surface area contributed by atoms with Crippen molar-refractivity contribution in [2.24, 2.45) is 10.1 Å². The van der Waals surface area contributed by atoms with Crippen LogP contribution in [0.5, 0.6) is 0 Å². The number of rotatable bonds is 4. The van der Waals surface area contributed by atoms with Crippen LogP contribution in [-0.2, 0) is 21.2 Å². The molecule has 0 aliphatic heterocycles. The third-order valence-electron chi connectivity index (χ3n) is 2.86. The molecule has 0 fully saturated rings. The van der Waals surface area contributed by atoms with Gasteiger partial charge >= 0.3 is 0 Å². The first-order valence-electron chi connectivity index (χ1n) is 6.31. The van der Waals surface area contributed by atoms with Gasteiger partial charge in [-0.3, -0.25) is 4.79 Å². The van der Waals surface area contributed by atoms with Gasteiger partial charge in [0.2, 0.25) is 5.91 Å². The number of benzene rings is 1. The molecular formula is C14H14FN3O3S. The van der Waals surface area contributed by atoms with Crippen LogP contribution in [0, 0.1) is 12.7 Å². The highest BCUT2D eigenvalue weighted by Gasteiger charge is 2.13. The zero-order chi connectivity index (χ0) is 16.3. The van der Waals surface area contributed by atoms with Gasteiger partial charge in [0.15, 0.2) is 0 Å². The highest BCUT2D eigenvalue weighted by atomic mass is 32.2. The molecule has 2 rings (SSSR count). The van der Waals surface area contributed by atoms with E-state index in [9.17, 15) is 17.6 Å². The zero-order valence-corrected chi connectivity index (χ0v) is 12.5. The largest absolute Gasteiger partial charge is 0.369 e. The summed E-state index contributed by atoms with van der Waals surface area (Å²) in [7, 11) is -3.98. The highest BCUT2D eigenvalue weighted by molar-refractivity contribution is 7.90. The van der Waals surface area contributed by atoms with E-state index < -0.39 is 21.7 Å². The van der Waals surface area contributed by atoms with Crippen molar-refractivity contribution < 1.29 is 17.6 Å². The molecule has 2 aromatic rings. The predicted molar refractivity (Wildman–Crippen MR) is 77.6 cm³/mol. The van der Waals surface area contributed by atoms with Crippen LogP contribution < -0.4 is 11.2 Å². The van der Waals surface area contributed by atoms with Crippen molar-refractivity contribution in [2.45, 2.75) is 18.2 Å². The van der Waals surface area contributed by atoms with Gasteiger partial charge in [-0.1, -0.05) is 17.7 Å². The van der Waals surface area contributed by atoms with Gasteiger partial charge in [-0.05, 0) is 25.1 Å². The fourth-order valence-corrected chi connectivity index (χ4v) is 2.79. The van der Waals surface area contributed by atoms with Gasteiger partial charge in [0.25, 0.3) is 10.0 Å². The molecule has 0 saturated heterocycles. The second kappa shape index (κ2) is 6.10. The van der Waals surface area contributed by atoms with E-state index in [0.717, 1.165) is 17.8 Å². The smallest absolute Gasteiger partial charge is 0.284 e. The lowest BCUT2D eigenvalue weighted by Crippen LogP contribution is -2.23. The van der Waals surface area contributed by atoms with Crippen LogP contribution in [0.3, 0.4) is 0 Å². The Balaban J connectivity index is 2.56. The van der Waals surface area contributed by atoms with Gasteiger partial charge in [0.05, 0.1) is 11.3 Å². The minimum atomic E-state index is -3.98. The molecule has 8 heteroatoms. The molecule has 0 radical (unpaired) electrons. The zero-order valence-electron chi connectivity index (χ0n) is 11.7. The third kappa shape index (κ3) is 3.79. The summed E-state index contributed by atoms with van der Waals surface area (Å²) >= 11 is 0. The quantitative estimate of drug-likeness (QED) is 0.868. The van der Waals surface area contributed by atoms with Crippen molar-refractivity contribution in [1.29, 1.82) is 0 Å². The third-order valence-corrected chi connectivity index (χ3v) is 4.15. The summed E-state index contributed by atoms with van der Waals surface area (Å²) in [4.78, 5) is 13.4. The van der Waals surface area contributed by atoms with E-state index in [1.54, 1.807) is 12.1 Å². The molecule has 0 aliphatic rings. The van der Waals surface area contributed by atoms with E-state index in [0.29, 0.717) is 0 Å². The second-order valence-corrected chi connectivity index (χ2v) is 6.32.